The third kappa shape index (κ3) is 4.49. The maximum absolute atomic E-state index is 11.0. The number of rotatable bonds is 8. The Morgan fingerprint density at radius 2 is 1.95 bits per heavy atom. The molecule has 0 aliphatic carbocycles. The molecule has 1 fully saturated rings. The van der Waals surface area contributed by atoms with Crippen LogP contribution in [0.2, 0.25) is 12.1 Å². The molecule has 0 radical (unpaired) electrons. The van der Waals surface area contributed by atoms with Crippen molar-refractivity contribution in [2.45, 2.75) is 43.2 Å². The van der Waals surface area contributed by atoms with E-state index in [1.807, 2.05) is 0 Å². The molecule has 0 saturated carbocycles. The van der Waals surface area contributed by atoms with Crippen molar-refractivity contribution < 1.29 is 23.4 Å². The lowest BCUT2D eigenvalue weighted by Crippen LogP contribution is -2.64. The minimum Gasteiger partial charge on any atom is -0.463 e. The van der Waals surface area contributed by atoms with Crippen molar-refractivity contribution in [1.82, 2.24) is 0 Å². The molecule has 0 bridgehead atoms. The van der Waals surface area contributed by atoms with Crippen molar-refractivity contribution in [1.29, 1.82) is 0 Å². The second-order valence-corrected chi connectivity index (χ2v) is 9.20. The second-order valence-electron chi connectivity index (χ2n) is 5.04. The number of methoxy groups -OCH3 is 2. The number of carbonyl (C=O) groups excluding carboxylic acids is 1. The summed E-state index contributed by atoms with van der Waals surface area (Å²) in [5.74, 6) is -0.383. The highest BCUT2D eigenvalue weighted by Gasteiger charge is 2.57. The van der Waals surface area contributed by atoms with Crippen molar-refractivity contribution >= 4 is 25.3 Å². The summed E-state index contributed by atoms with van der Waals surface area (Å²) >= 11 is 0. The molecule has 1 aliphatic heterocycles. The van der Waals surface area contributed by atoms with Gasteiger partial charge in [-0.25, -0.2) is 4.79 Å². The van der Waals surface area contributed by atoms with Crippen molar-refractivity contribution in [2.24, 2.45) is 0 Å². The molecule has 0 aromatic carbocycles. The smallest absolute Gasteiger partial charge is 0.330 e. The summed E-state index contributed by atoms with van der Waals surface area (Å²) < 4.78 is 22.4. The Morgan fingerprint density at radius 3 is 2.48 bits per heavy atom. The summed E-state index contributed by atoms with van der Waals surface area (Å²) in [4.78, 5) is 11.0. The SMILES string of the molecule is C=CC(=O)OCCC[Si]1(OC)CCCCC1(OC)OC.[SiH4]. The Bertz CT molecular complexity index is 333. The molecule has 1 heterocycles. The lowest BCUT2D eigenvalue weighted by Gasteiger charge is -2.48. The van der Waals surface area contributed by atoms with Gasteiger partial charge < -0.3 is 18.6 Å². The zero-order valence-electron chi connectivity index (χ0n) is 12.8. The standard InChI is InChI=1S/C14H26O5Si.H4Si/c1-5-13(15)19-10-8-12-20(18-4)11-7-6-9-14(20,16-2)17-3;/h5H,1,6-12H2,2-4H3;1H4. The van der Waals surface area contributed by atoms with Gasteiger partial charge in [-0.3, -0.25) is 0 Å². The average Bonchev–Trinajstić information content (AvgIpc) is 2.51. The molecular weight excluding hydrogens is 304 g/mol. The van der Waals surface area contributed by atoms with Gasteiger partial charge in [-0.1, -0.05) is 13.0 Å². The maximum atomic E-state index is 11.0. The fourth-order valence-electron chi connectivity index (χ4n) is 3.11. The molecule has 1 saturated heterocycles. The van der Waals surface area contributed by atoms with Gasteiger partial charge in [-0.2, -0.15) is 0 Å². The molecule has 5 nitrogen and oxygen atoms in total. The van der Waals surface area contributed by atoms with E-state index in [0.29, 0.717) is 6.61 Å². The van der Waals surface area contributed by atoms with Crippen LogP contribution < -0.4 is 0 Å². The predicted molar refractivity (Wildman–Crippen MR) is 90.1 cm³/mol. The van der Waals surface area contributed by atoms with Crippen LogP contribution in [-0.2, 0) is 23.4 Å². The molecule has 1 aliphatic rings. The zero-order chi connectivity index (χ0) is 15.1. The van der Waals surface area contributed by atoms with Gasteiger partial charge in [0, 0.05) is 33.8 Å². The highest BCUT2D eigenvalue weighted by atomic mass is 28.4. The molecule has 1 rings (SSSR count). The minimum atomic E-state index is -2.18. The number of esters is 1. The van der Waals surface area contributed by atoms with Crippen LogP contribution in [0.1, 0.15) is 25.7 Å². The van der Waals surface area contributed by atoms with Gasteiger partial charge in [0.2, 0.25) is 0 Å². The summed E-state index contributed by atoms with van der Waals surface area (Å²) in [5, 5.41) is 0. The number of hydrogen-bond donors (Lipinski definition) is 0. The molecule has 0 spiro atoms. The van der Waals surface area contributed by atoms with Crippen molar-refractivity contribution in [3.63, 3.8) is 0 Å². The first-order chi connectivity index (χ1) is 9.59. The predicted octanol–water partition coefficient (Wildman–Crippen LogP) is 0.958. The Hall–Kier alpha value is -0.476. The van der Waals surface area contributed by atoms with Crippen LogP contribution in [0.15, 0.2) is 12.7 Å². The molecule has 1 unspecified atom stereocenters. The number of hydrogen-bond acceptors (Lipinski definition) is 5. The quantitative estimate of drug-likeness (QED) is 0.218. The van der Waals surface area contributed by atoms with Crippen LogP contribution >= 0.6 is 0 Å². The van der Waals surface area contributed by atoms with Crippen LogP contribution in [-0.4, -0.2) is 58.6 Å². The van der Waals surface area contributed by atoms with Gasteiger partial charge in [0.1, 0.15) is 0 Å². The Balaban J connectivity index is 0.00000400. The molecule has 124 valence electrons. The first kappa shape index (κ1) is 20.5. The number of carbonyl (C=O) groups is 1. The van der Waals surface area contributed by atoms with E-state index in [4.69, 9.17) is 18.6 Å². The summed E-state index contributed by atoms with van der Waals surface area (Å²) in [6.45, 7) is 3.76. The summed E-state index contributed by atoms with van der Waals surface area (Å²) in [7, 11) is 2.95. The summed E-state index contributed by atoms with van der Waals surface area (Å²) in [6.07, 6.45) is 5.03. The van der Waals surface area contributed by atoms with Crippen LogP contribution in [0.3, 0.4) is 0 Å². The van der Waals surface area contributed by atoms with Crippen molar-refractivity contribution in [3.8, 4) is 0 Å². The summed E-state index contributed by atoms with van der Waals surface area (Å²) in [6, 6.07) is 1.87. The first-order valence-corrected chi connectivity index (χ1v) is 9.36. The van der Waals surface area contributed by atoms with Gasteiger partial charge in [0.05, 0.1) is 6.61 Å². The fourth-order valence-corrected chi connectivity index (χ4v) is 7.75. The van der Waals surface area contributed by atoms with Gasteiger partial charge >= 0.3 is 5.97 Å². The van der Waals surface area contributed by atoms with Gasteiger partial charge in [0.25, 0.3) is 8.32 Å². The van der Waals surface area contributed by atoms with Gasteiger partial charge in [-0.05, 0) is 35.9 Å². The first-order valence-electron chi connectivity index (χ1n) is 7.04. The monoisotopic (exact) mass is 334 g/mol. The Labute approximate surface area is 133 Å². The van der Waals surface area contributed by atoms with E-state index in [0.717, 1.165) is 37.8 Å². The Morgan fingerprint density at radius 1 is 1.29 bits per heavy atom. The maximum Gasteiger partial charge on any atom is 0.330 e. The Kier molecular flexibility index (Phi) is 9.31. The lowest BCUT2D eigenvalue weighted by atomic mass is 10.2. The highest BCUT2D eigenvalue weighted by Crippen LogP contribution is 2.42. The van der Waals surface area contributed by atoms with Crippen LogP contribution in [0.5, 0.6) is 0 Å². The van der Waals surface area contributed by atoms with E-state index in [1.54, 1.807) is 21.3 Å². The van der Waals surface area contributed by atoms with E-state index in [9.17, 15) is 4.79 Å². The molecule has 0 aromatic heterocycles. The van der Waals surface area contributed by atoms with Crippen LogP contribution in [0, 0.1) is 0 Å². The van der Waals surface area contributed by atoms with Crippen molar-refractivity contribution in [2.75, 3.05) is 27.9 Å². The van der Waals surface area contributed by atoms with E-state index in [1.165, 1.54) is 6.08 Å². The largest absolute Gasteiger partial charge is 0.463 e. The minimum absolute atomic E-state index is 0. The normalized spacial score (nSPS) is 24.0. The van der Waals surface area contributed by atoms with E-state index in [-0.39, 0.29) is 16.9 Å². The molecule has 0 N–H and O–H groups in total. The molecule has 0 aromatic rings. The second kappa shape index (κ2) is 9.52. The topological polar surface area (TPSA) is 54.0 Å². The van der Waals surface area contributed by atoms with Crippen LogP contribution in [0.4, 0.5) is 0 Å². The van der Waals surface area contributed by atoms with E-state index >= 15 is 0 Å². The van der Waals surface area contributed by atoms with E-state index < -0.39 is 13.7 Å². The third-order valence-corrected chi connectivity index (χ3v) is 9.37. The molecule has 1 atom stereocenters. The highest BCUT2D eigenvalue weighted by molar-refractivity contribution is 6.76. The number of ether oxygens (including phenoxy) is 3. The van der Waals surface area contributed by atoms with Crippen LogP contribution in [0.25, 0.3) is 0 Å². The lowest BCUT2D eigenvalue weighted by molar-refractivity contribution is -0.170. The molecular formula is C14H30O5Si2. The van der Waals surface area contributed by atoms with Gasteiger partial charge in [0.15, 0.2) is 5.41 Å². The van der Waals surface area contributed by atoms with Gasteiger partial charge in [-0.15, -0.1) is 0 Å². The fraction of sp³-hybridized carbons (Fsp3) is 0.786. The summed E-state index contributed by atoms with van der Waals surface area (Å²) in [5.41, 5.74) is -0.581. The molecule has 7 heteroatoms. The van der Waals surface area contributed by atoms with Crippen molar-refractivity contribution in [3.05, 3.63) is 12.7 Å². The van der Waals surface area contributed by atoms with E-state index in [2.05, 4.69) is 6.58 Å². The third-order valence-electron chi connectivity index (χ3n) is 4.22. The molecule has 0 amide bonds. The zero-order valence-corrected chi connectivity index (χ0v) is 13.8. The molecule has 21 heavy (non-hydrogen) atoms. The average molecular weight is 335 g/mol.